The highest BCUT2D eigenvalue weighted by molar-refractivity contribution is 5.68. The van der Waals surface area contributed by atoms with Gasteiger partial charge in [0.25, 0.3) is 0 Å². The molecule has 0 aromatic rings. The van der Waals surface area contributed by atoms with E-state index in [0.29, 0.717) is 13.2 Å². The average molecular weight is 216 g/mol. The third-order valence-corrected chi connectivity index (χ3v) is 1.47. The zero-order chi connectivity index (χ0) is 12.1. The first kappa shape index (κ1) is 14.2. The lowest BCUT2D eigenvalue weighted by Gasteiger charge is -2.22. The summed E-state index contributed by atoms with van der Waals surface area (Å²) in [6, 6.07) is 0. The number of hydrogen-bond acceptors (Lipinski definition) is 3. The van der Waals surface area contributed by atoms with Crippen LogP contribution in [0.3, 0.4) is 0 Å². The Kier molecular flexibility index (Phi) is 5.08. The highest BCUT2D eigenvalue weighted by Gasteiger charge is 2.14. The van der Waals surface area contributed by atoms with E-state index in [-0.39, 0.29) is 17.2 Å². The van der Waals surface area contributed by atoms with E-state index in [0.717, 1.165) is 0 Å². The van der Waals surface area contributed by atoms with Gasteiger partial charge in [-0.2, -0.15) is 0 Å². The van der Waals surface area contributed by atoms with Gasteiger partial charge in [-0.1, -0.05) is 0 Å². The minimum Gasteiger partial charge on any atom is -0.448 e. The van der Waals surface area contributed by atoms with E-state index in [9.17, 15) is 4.79 Å². The van der Waals surface area contributed by atoms with Gasteiger partial charge in [-0.15, -0.1) is 0 Å². The van der Waals surface area contributed by atoms with Crippen molar-refractivity contribution in [1.29, 1.82) is 0 Å². The smallest absolute Gasteiger partial charge is 0.407 e. The van der Waals surface area contributed by atoms with Crippen LogP contribution in [0.5, 0.6) is 0 Å². The van der Waals surface area contributed by atoms with Crippen molar-refractivity contribution in [3.8, 4) is 0 Å². The van der Waals surface area contributed by atoms with E-state index in [2.05, 4.69) is 31.4 Å². The topological polar surface area (TPSA) is 50.4 Å². The molecule has 4 nitrogen and oxygen atoms in total. The molecule has 1 amide bonds. The Labute approximate surface area is 92.8 Å². The lowest BCUT2D eigenvalue weighted by Crippen LogP contribution is -2.43. The summed E-state index contributed by atoms with van der Waals surface area (Å²) in [5, 5.41) is 5.96. The van der Waals surface area contributed by atoms with Crippen LogP contribution in [0.4, 0.5) is 4.79 Å². The fourth-order valence-corrected chi connectivity index (χ4v) is 0.912. The van der Waals surface area contributed by atoms with Crippen LogP contribution in [-0.4, -0.2) is 30.3 Å². The molecule has 0 aliphatic carbocycles. The Morgan fingerprint density at radius 3 is 2.00 bits per heavy atom. The fourth-order valence-electron chi connectivity index (χ4n) is 0.912. The van der Waals surface area contributed by atoms with Crippen LogP contribution >= 0.6 is 0 Å². The molecular weight excluding hydrogens is 192 g/mol. The van der Waals surface area contributed by atoms with Gasteiger partial charge >= 0.3 is 6.09 Å². The molecule has 4 heteroatoms. The van der Waals surface area contributed by atoms with Gasteiger partial charge in [0.05, 0.1) is 0 Å². The number of rotatable bonds is 3. The van der Waals surface area contributed by atoms with Gasteiger partial charge in [0.2, 0.25) is 0 Å². The number of hydrogen-bond donors (Lipinski definition) is 2. The minimum atomic E-state index is -0.363. The van der Waals surface area contributed by atoms with E-state index >= 15 is 0 Å². The maximum absolute atomic E-state index is 11.2. The number of carbonyl (C=O) groups is 1. The quantitative estimate of drug-likeness (QED) is 0.708. The van der Waals surface area contributed by atoms with Crippen molar-refractivity contribution < 1.29 is 9.53 Å². The van der Waals surface area contributed by atoms with Crippen LogP contribution in [0.15, 0.2) is 0 Å². The van der Waals surface area contributed by atoms with E-state index in [1.807, 2.05) is 20.8 Å². The molecule has 15 heavy (non-hydrogen) atoms. The molecule has 0 saturated carbocycles. The first-order valence-electron chi connectivity index (χ1n) is 5.30. The predicted molar refractivity (Wildman–Crippen MR) is 62.0 cm³/mol. The molecule has 0 rings (SSSR count). The highest BCUT2D eigenvalue weighted by Crippen LogP contribution is 1.99. The summed E-state index contributed by atoms with van der Waals surface area (Å²) in [4.78, 5) is 11.2. The number of alkyl carbamates (subject to hydrolysis) is 1. The van der Waals surface area contributed by atoms with Crippen LogP contribution in [0.25, 0.3) is 0 Å². The maximum atomic E-state index is 11.2. The lowest BCUT2D eigenvalue weighted by atomic mass is 10.1. The normalized spacial score (nSPS) is 12.4. The molecule has 0 heterocycles. The molecule has 0 fully saturated rings. The zero-order valence-electron chi connectivity index (χ0n) is 10.7. The van der Waals surface area contributed by atoms with E-state index < -0.39 is 0 Å². The van der Waals surface area contributed by atoms with Crippen molar-refractivity contribution in [2.24, 2.45) is 0 Å². The second-order valence-corrected chi connectivity index (χ2v) is 5.69. The third kappa shape index (κ3) is 11.2. The Balaban J connectivity index is 3.57. The second kappa shape index (κ2) is 5.35. The molecule has 0 aromatic carbocycles. The minimum absolute atomic E-state index is 0.0594. The Hall–Kier alpha value is -0.770. The third-order valence-electron chi connectivity index (χ3n) is 1.47. The molecule has 0 aliphatic heterocycles. The second-order valence-electron chi connectivity index (χ2n) is 5.69. The summed E-state index contributed by atoms with van der Waals surface area (Å²) in [5.41, 5.74) is -0.182. The first-order valence-corrected chi connectivity index (χ1v) is 5.30. The van der Waals surface area contributed by atoms with E-state index in [4.69, 9.17) is 4.74 Å². The average Bonchev–Trinajstić information content (AvgIpc) is 1.92. The highest BCUT2D eigenvalue weighted by atomic mass is 16.5. The molecule has 2 N–H and O–H groups in total. The Bertz CT molecular complexity index is 202. The van der Waals surface area contributed by atoms with Crippen molar-refractivity contribution in [2.45, 2.75) is 52.6 Å². The monoisotopic (exact) mass is 216 g/mol. The Morgan fingerprint density at radius 2 is 1.60 bits per heavy atom. The maximum Gasteiger partial charge on any atom is 0.407 e. The first-order chi connectivity index (χ1) is 6.60. The molecule has 90 valence electrons. The van der Waals surface area contributed by atoms with Crippen molar-refractivity contribution in [3.05, 3.63) is 0 Å². The van der Waals surface area contributed by atoms with E-state index in [1.165, 1.54) is 0 Å². The number of carbonyl (C=O) groups excluding carboxylic acids is 1. The molecule has 0 saturated heterocycles. The van der Waals surface area contributed by atoms with Crippen LogP contribution in [0.1, 0.15) is 41.5 Å². The van der Waals surface area contributed by atoms with Crippen LogP contribution < -0.4 is 10.6 Å². The number of nitrogens with one attached hydrogen (secondary N) is 2. The van der Waals surface area contributed by atoms with Gasteiger partial charge in [0.15, 0.2) is 0 Å². The standard InChI is InChI=1S/C11H24N2O2/c1-10(2,3)12-7-8-15-9(14)13-11(4,5)6/h12H,7-8H2,1-6H3,(H,13,14). The molecular formula is C11H24N2O2. The summed E-state index contributed by atoms with van der Waals surface area (Å²) >= 11 is 0. The van der Waals surface area contributed by atoms with Gasteiger partial charge in [-0.05, 0) is 41.5 Å². The lowest BCUT2D eigenvalue weighted by molar-refractivity contribution is 0.135. The molecule has 0 aromatic heterocycles. The van der Waals surface area contributed by atoms with Crippen molar-refractivity contribution in [2.75, 3.05) is 13.2 Å². The van der Waals surface area contributed by atoms with Crippen LogP contribution in [0, 0.1) is 0 Å². The van der Waals surface area contributed by atoms with Gasteiger partial charge < -0.3 is 15.4 Å². The van der Waals surface area contributed by atoms with E-state index in [1.54, 1.807) is 0 Å². The van der Waals surface area contributed by atoms with Crippen molar-refractivity contribution in [1.82, 2.24) is 10.6 Å². The molecule has 0 radical (unpaired) electrons. The summed E-state index contributed by atoms with van der Waals surface area (Å²) in [7, 11) is 0. The SMILES string of the molecule is CC(C)(C)NCCOC(=O)NC(C)(C)C. The summed E-state index contributed by atoms with van der Waals surface area (Å²) in [5.74, 6) is 0. The van der Waals surface area contributed by atoms with Gasteiger partial charge in [0, 0.05) is 17.6 Å². The number of amides is 1. The molecule has 0 aliphatic rings. The molecule has 0 atom stereocenters. The van der Waals surface area contributed by atoms with Crippen molar-refractivity contribution >= 4 is 6.09 Å². The fraction of sp³-hybridized carbons (Fsp3) is 0.909. The number of ether oxygens (including phenoxy) is 1. The Morgan fingerprint density at radius 1 is 1.07 bits per heavy atom. The molecule has 0 unspecified atom stereocenters. The zero-order valence-corrected chi connectivity index (χ0v) is 10.7. The summed E-state index contributed by atoms with van der Waals surface area (Å²) < 4.78 is 5.00. The van der Waals surface area contributed by atoms with Crippen molar-refractivity contribution in [3.63, 3.8) is 0 Å². The largest absolute Gasteiger partial charge is 0.448 e. The predicted octanol–water partition coefficient (Wildman–Crippen LogP) is 1.90. The van der Waals surface area contributed by atoms with Gasteiger partial charge in [-0.25, -0.2) is 4.79 Å². The summed E-state index contributed by atoms with van der Waals surface area (Å²) in [6.45, 7) is 13.0. The van der Waals surface area contributed by atoms with Crippen LogP contribution in [0.2, 0.25) is 0 Å². The van der Waals surface area contributed by atoms with Gasteiger partial charge in [-0.3, -0.25) is 0 Å². The molecule has 0 spiro atoms. The van der Waals surface area contributed by atoms with Crippen LogP contribution in [-0.2, 0) is 4.74 Å². The summed E-state index contributed by atoms with van der Waals surface area (Å²) in [6.07, 6.45) is -0.363. The van der Waals surface area contributed by atoms with Gasteiger partial charge in [0.1, 0.15) is 6.61 Å². The molecule has 0 bridgehead atoms.